The van der Waals surface area contributed by atoms with Gasteiger partial charge in [0.1, 0.15) is 12.7 Å². The van der Waals surface area contributed by atoms with Crippen LogP contribution in [0.4, 0.5) is 11.9 Å². The molecule has 3 heterocycles. The maximum atomic E-state index is 5.76. The molecule has 2 N–H and O–H groups in total. The Balaban J connectivity index is 1.93. The van der Waals surface area contributed by atoms with Gasteiger partial charge < -0.3 is 15.4 Å². The molecule has 2 atom stereocenters. The Morgan fingerprint density at radius 3 is 2.50 bits per heavy atom. The van der Waals surface area contributed by atoms with E-state index in [4.69, 9.17) is 10.5 Å². The minimum Gasteiger partial charge on any atom is -0.372 e. The van der Waals surface area contributed by atoms with Gasteiger partial charge in [0.05, 0.1) is 12.2 Å². The largest absolute Gasteiger partial charge is 0.372 e. The molecule has 2 aromatic rings. The van der Waals surface area contributed by atoms with E-state index in [-0.39, 0.29) is 18.2 Å². The molecule has 0 aliphatic carbocycles. The van der Waals surface area contributed by atoms with Crippen molar-refractivity contribution in [1.29, 1.82) is 0 Å². The van der Waals surface area contributed by atoms with Crippen molar-refractivity contribution in [2.45, 2.75) is 26.1 Å². The molecule has 9 nitrogen and oxygen atoms in total. The number of hydrogen-bond acceptors (Lipinski definition) is 8. The Morgan fingerprint density at radius 2 is 1.85 bits per heavy atom. The molecular formula is C11H16N8O. The number of aromatic nitrogens is 6. The van der Waals surface area contributed by atoms with Crippen molar-refractivity contribution in [3.8, 4) is 5.95 Å². The summed E-state index contributed by atoms with van der Waals surface area (Å²) in [4.78, 5) is 18.6. The lowest BCUT2D eigenvalue weighted by Gasteiger charge is -2.35. The minimum absolute atomic E-state index is 0.117. The lowest BCUT2D eigenvalue weighted by atomic mass is 10.2. The summed E-state index contributed by atoms with van der Waals surface area (Å²) in [5.41, 5.74) is 5.76. The Labute approximate surface area is 115 Å². The van der Waals surface area contributed by atoms with Crippen LogP contribution < -0.4 is 10.6 Å². The van der Waals surface area contributed by atoms with Crippen LogP contribution in [0.3, 0.4) is 0 Å². The van der Waals surface area contributed by atoms with Crippen LogP contribution in [0, 0.1) is 0 Å². The number of morpholine rings is 1. The standard InChI is InChI=1S/C11H16N8O/c1-7-3-18(4-8(2)20-7)10-15-9(12)16-11(17-10)19-6-13-5-14-19/h5-8H,3-4H2,1-2H3,(H2,12,15,16,17)/t7-,8+. The average molecular weight is 276 g/mol. The molecule has 0 bridgehead atoms. The van der Waals surface area contributed by atoms with Crippen LogP contribution in [-0.4, -0.2) is 55.0 Å². The summed E-state index contributed by atoms with van der Waals surface area (Å²) < 4.78 is 7.15. The molecule has 0 aromatic carbocycles. The number of rotatable bonds is 2. The summed E-state index contributed by atoms with van der Waals surface area (Å²) in [6.07, 6.45) is 3.17. The normalized spacial score (nSPS) is 23.0. The van der Waals surface area contributed by atoms with E-state index in [1.165, 1.54) is 17.3 Å². The molecule has 1 fully saturated rings. The van der Waals surface area contributed by atoms with Crippen molar-refractivity contribution in [1.82, 2.24) is 29.7 Å². The monoisotopic (exact) mass is 276 g/mol. The fourth-order valence-corrected chi connectivity index (χ4v) is 2.27. The molecule has 0 spiro atoms. The fraction of sp³-hybridized carbons (Fsp3) is 0.545. The molecule has 2 aromatic heterocycles. The summed E-state index contributed by atoms with van der Waals surface area (Å²) in [5, 5.41) is 4.00. The number of nitrogens with zero attached hydrogens (tertiary/aromatic N) is 7. The second-order valence-corrected chi connectivity index (χ2v) is 4.80. The van der Waals surface area contributed by atoms with Gasteiger partial charge in [0.25, 0.3) is 5.95 Å². The number of ether oxygens (including phenoxy) is 1. The highest BCUT2D eigenvalue weighted by atomic mass is 16.5. The van der Waals surface area contributed by atoms with Crippen molar-refractivity contribution in [3.63, 3.8) is 0 Å². The number of nitrogen functional groups attached to an aromatic ring is 1. The summed E-state index contributed by atoms with van der Waals surface area (Å²) in [6.45, 7) is 5.46. The first-order valence-electron chi connectivity index (χ1n) is 6.39. The van der Waals surface area contributed by atoms with Gasteiger partial charge in [0.2, 0.25) is 11.9 Å². The van der Waals surface area contributed by atoms with Gasteiger partial charge in [-0.15, -0.1) is 0 Å². The van der Waals surface area contributed by atoms with E-state index in [1.54, 1.807) is 0 Å². The number of hydrogen-bond donors (Lipinski definition) is 1. The number of anilines is 2. The lowest BCUT2D eigenvalue weighted by molar-refractivity contribution is -0.00572. The van der Waals surface area contributed by atoms with Crippen LogP contribution in [0.25, 0.3) is 5.95 Å². The van der Waals surface area contributed by atoms with Crippen LogP contribution in [0.15, 0.2) is 12.7 Å². The zero-order valence-corrected chi connectivity index (χ0v) is 11.3. The molecule has 20 heavy (non-hydrogen) atoms. The first-order chi connectivity index (χ1) is 9.61. The summed E-state index contributed by atoms with van der Waals surface area (Å²) >= 11 is 0. The summed E-state index contributed by atoms with van der Waals surface area (Å²) in [6, 6.07) is 0. The maximum absolute atomic E-state index is 5.76. The topological polar surface area (TPSA) is 108 Å². The van der Waals surface area contributed by atoms with Crippen LogP contribution in [0.1, 0.15) is 13.8 Å². The van der Waals surface area contributed by atoms with Crippen LogP contribution in [0.2, 0.25) is 0 Å². The van der Waals surface area contributed by atoms with Gasteiger partial charge in [0, 0.05) is 13.1 Å². The highest BCUT2D eigenvalue weighted by Crippen LogP contribution is 2.17. The van der Waals surface area contributed by atoms with Crippen molar-refractivity contribution in [2.24, 2.45) is 0 Å². The van der Waals surface area contributed by atoms with Gasteiger partial charge in [-0.1, -0.05) is 0 Å². The van der Waals surface area contributed by atoms with Crippen molar-refractivity contribution in [3.05, 3.63) is 12.7 Å². The molecule has 0 unspecified atom stereocenters. The van der Waals surface area contributed by atoms with E-state index in [1.807, 2.05) is 18.7 Å². The predicted octanol–water partition coefficient (Wildman–Crippen LogP) is -0.352. The van der Waals surface area contributed by atoms with E-state index in [0.29, 0.717) is 25.0 Å². The molecule has 0 radical (unpaired) electrons. The van der Waals surface area contributed by atoms with Gasteiger partial charge in [-0.3, -0.25) is 0 Å². The molecule has 9 heteroatoms. The van der Waals surface area contributed by atoms with E-state index in [0.717, 1.165) is 0 Å². The second-order valence-electron chi connectivity index (χ2n) is 4.80. The summed E-state index contributed by atoms with van der Waals surface area (Å²) in [7, 11) is 0. The zero-order chi connectivity index (χ0) is 14.1. The molecule has 1 aliphatic rings. The maximum Gasteiger partial charge on any atom is 0.258 e. The third-order valence-corrected chi connectivity index (χ3v) is 2.96. The van der Waals surface area contributed by atoms with Gasteiger partial charge in [-0.25, -0.2) is 4.98 Å². The molecule has 106 valence electrons. The smallest absolute Gasteiger partial charge is 0.258 e. The van der Waals surface area contributed by atoms with Crippen LogP contribution in [0.5, 0.6) is 0 Å². The third-order valence-electron chi connectivity index (χ3n) is 2.96. The van der Waals surface area contributed by atoms with Crippen LogP contribution in [-0.2, 0) is 4.74 Å². The van der Waals surface area contributed by atoms with Gasteiger partial charge in [-0.05, 0) is 13.8 Å². The Morgan fingerprint density at radius 1 is 1.15 bits per heavy atom. The SMILES string of the molecule is C[C@@H]1CN(c2nc(N)nc(-n3cncn3)n2)C[C@H](C)O1. The molecule has 1 aliphatic heterocycles. The molecular weight excluding hydrogens is 260 g/mol. The first kappa shape index (κ1) is 12.7. The number of nitrogens with two attached hydrogens (primary N) is 1. The van der Waals surface area contributed by atoms with E-state index >= 15 is 0 Å². The Kier molecular flexibility index (Phi) is 3.18. The highest BCUT2D eigenvalue weighted by molar-refractivity contribution is 5.38. The highest BCUT2D eigenvalue weighted by Gasteiger charge is 2.25. The Bertz CT molecular complexity index is 576. The molecule has 3 rings (SSSR count). The first-order valence-corrected chi connectivity index (χ1v) is 6.39. The third kappa shape index (κ3) is 2.52. The molecule has 0 saturated carbocycles. The fourth-order valence-electron chi connectivity index (χ4n) is 2.27. The van der Waals surface area contributed by atoms with Gasteiger partial charge >= 0.3 is 0 Å². The van der Waals surface area contributed by atoms with Gasteiger partial charge in [-0.2, -0.15) is 24.7 Å². The van der Waals surface area contributed by atoms with Crippen LogP contribution >= 0.6 is 0 Å². The van der Waals surface area contributed by atoms with Crippen molar-refractivity contribution in [2.75, 3.05) is 23.7 Å². The lowest BCUT2D eigenvalue weighted by Crippen LogP contribution is -2.46. The molecule has 0 amide bonds. The quantitative estimate of drug-likeness (QED) is 0.792. The van der Waals surface area contributed by atoms with E-state index in [9.17, 15) is 0 Å². The predicted molar refractivity (Wildman–Crippen MR) is 71.4 cm³/mol. The van der Waals surface area contributed by atoms with Crippen molar-refractivity contribution >= 4 is 11.9 Å². The van der Waals surface area contributed by atoms with E-state index < -0.39 is 0 Å². The average Bonchev–Trinajstić information content (AvgIpc) is 2.90. The van der Waals surface area contributed by atoms with Gasteiger partial charge in [0.15, 0.2) is 0 Å². The molecule has 1 saturated heterocycles. The zero-order valence-electron chi connectivity index (χ0n) is 11.3. The minimum atomic E-state index is 0.117. The van der Waals surface area contributed by atoms with Crippen molar-refractivity contribution < 1.29 is 4.74 Å². The second kappa shape index (κ2) is 5.00. The summed E-state index contributed by atoms with van der Waals surface area (Å²) in [5.74, 6) is 1.05. The Hall–Kier alpha value is -2.29. The van der Waals surface area contributed by atoms with E-state index in [2.05, 4.69) is 25.0 Å².